The van der Waals surface area contributed by atoms with Crippen molar-refractivity contribution in [3.8, 4) is 5.75 Å². The first-order chi connectivity index (χ1) is 16.1. The molecule has 2 heterocycles. The number of amides is 2. The predicted octanol–water partition coefficient (Wildman–Crippen LogP) is 3.63. The van der Waals surface area contributed by atoms with E-state index in [1.807, 2.05) is 30.3 Å². The van der Waals surface area contributed by atoms with Crippen LogP contribution in [0.4, 0.5) is 0 Å². The SMILES string of the molecule is COCCN(CC(=O)N1N=C(c2ccc(OC)cc2)C[C@H]1c1ccco1)C(=O)C1CCCC1. The Morgan fingerprint density at radius 1 is 1.15 bits per heavy atom. The Kier molecular flexibility index (Phi) is 7.44. The third kappa shape index (κ3) is 5.27. The molecule has 0 unspecified atom stereocenters. The molecular weight excluding hydrogens is 422 g/mol. The third-order valence-electron chi connectivity index (χ3n) is 6.37. The number of furan rings is 1. The van der Waals surface area contributed by atoms with Crippen molar-refractivity contribution in [3.63, 3.8) is 0 Å². The van der Waals surface area contributed by atoms with E-state index in [1.165, 1.54) is 5.01 Å². The molecular formula is C25H31N3O5. The van der Waals surface area contributed by atoms with Crippen molar-refractivity contribution in [1.29, 1.82) is 0 Å². The van der Waals surface area contributed by atoms with E-state index < -0.39 is 0 Å². The van der Waals surface area contributed by atoms with Gasteiger partial charge in [0.15, 0.2) is 0 Å². The number of hydrogen-bond donors (Lipinski definition) is 0. The van der Waals surface area contributed by atoms with Gasteiger partial charge in [-0.05, 0) is 54.8 Å². The number of nitrogens with zero attached hydrogens (tertiary/aromatic N) is 3. The Bertz CT molecular complexity index is 964. The van der Waals surface area contributed by atoms with Gasteiger partial charge in [0.2, 0.25) is 5.91 Å². The lowest BCUT2D eigenvalue weighted by atomic mass is 10.0. The minimum Gasteiger partial charge on any atom is -0.497 e. The first-order valence-corrected chi connectivity index (χ1v) is 11.5. The van der Waals surface area contributed by atoms with Crippen LogP contribution in [0.15, 0.2) is 52.2 Å². The second-order valence-corrected chi connectivity index (χ2v) is 8.48. The molecule has 1 fully saturated rings. The van der Waals surface area contributed by atoms with Crippen LogP contribution in [-0.4, -0.2) is 61.4 Å². The Morgan fingerprint density at radius 3 is 2.55 bits per heavy atom. The summed E-state index contributed by atoms with van der Waals surface area (Å²) in [6.45, 7) is 0.731. The van der Waals surface area contributed by atoms with Gasteiger partial charge in [-0.25, -0.2) is 5.01 Å². The monoisotopic (exact) mass is 453 g/mol. The number of hydrazone groups is 1. The van der Waals surface area contributed by atoms with Crippen LogP contribution in [0.3, 0.4) is 0 Å². The van der Waals surface area contributed by atoms with Crippen LogP contribution in [0, 0.1) is 5.92 Å². The van der Waals surface area contributed by atoms with Crippen LogP contribution in [0.5, 0.6) is 5.75 Å². The fourth-order valence-electron chi connectivity index (χ4n) is 4.54. The van der Waals surface area contributed by atoms with Crippen molar-refractivity contribution in [1.82, 2.24) is 9.91 Å². The highest BCUT2D eigenvalue weighted by Crippen LogP contribution is 2.34. The molecule has 8 nitrogen and oxygen atoms in total. The van der Waals surface area contributed by atoms with Crippen LogP contribution in [0.25, 0.3) is 0 Å². The average Bonchev–Trinajstić information content (AvgIpc) is 3.62. The van der Waals surface area contributed by atoms with Crippen LogP contribution in [-0.2, 0) is 14.3 Å². The van der Waals surface area contributed by atoms with Gasteiger partial charge >= 0.3 is 0 Å². The number of carbonyl (C=O) groups excluding carboxylic acids is 2. The largest absolute Gasteiger partial charge is 0.497 e. The van der Waals surface area contributed by atoms with E-state index in [0.29, 0.717) is 25.3 Å². The maximum absolute atomic E-state index is 13.4. The van der Waals surface area contributed by atoms with Crippen molar-refractivity contribution in [2.24, 2.45) is 11.0 Å². The number of methoxy groups -OCH3 is 2. The Balaban J connectivity index is 1.55. The average molecular weight is 454 g/mol. The van der Waals surface area contributed by atoms with E-state index in [1.54, 1.807) is 31.4 Å². The molecule has 0 spiro atoms. The van der Waals surface area contributed by atoms with Gasteiger partial charge < -0.3 is 18.8 Å². The normalized spacial score (nSPS) is 18.4. The predicted molar refractivity (Wildman–Crippen MR) is 123 cm³/mol. The van der Waals surface area contributed by atoms with Gasteiger partial charge in [0.05, 0.1) is 25.7 Å². The molecule has 1 aliphatic heterocycles. The molecule has 1 aromatic carbocycles. The number of rotatable bonds is 9. The summed E-state index contributed by atoms with van der Waals surface area (Å²) in [6, 6.07) is 10.9. The van der Waals surface area contributed by atoms with Gasteiger partial charge in [-0.2, -0.15) is 5.10 Å². The lowest BCUT2D eigenvalue weighted by Gasteiger charge is -2.27. The van der Waals surface area contributed by atoms with Crippen molar-refractivity contribution in [2.45, 2.75) is 38.1 Å². The molecule has 0 radical (unpaired) electrons. The van der Waals surface area contributed by atoms with Gasteiger partial charge in [0.25, 0.3) is 5.91 Å². The molecule has 1 aromatic heterocycles. The third-order valence-corrected chi connectivity index (χ3v) is 6.37. The second-order valence-electron chi connectivity index (χ2n) is 8.48. The minimum atomic E-state index is -0.351. The fourth-order valence-corrected chi connectivity index (χ4v) is 4.54. The number of hydrogen-bond acceptors (Lipinski definition) is 6. The lowest BCUT2D eigenvalue weighted by molar-refractivity contribution is -0.144. The first kappa shape index (κ1) is 23.0. The van der Waals surface area contributed by atoms with Crippen LogP contribution in [0.1, 0.15) is 49.5 Å². The molecule has 1 aliphatic carbocycles. The summed E-state index contributed by atoms with van der Waals surface area (Å²) >= 11 is 0. The minimum absolute atomic E-state index is 0.00698. The van der Waals surface area contributed by atoms with Crippen LogP contribution in [0.2, 0.25) is 0 Å². The highest BCUT2D eigenvalue weighted by atomic mass is 16.5. The summed E-state index contributed by atoms with van der Waals surface area (Å²) < 4.78 is 16.1. The molecule has 2 aliphatic rings. The van der Waals surface area contributed by atoms with Gasteiger partial charge in [-0.15, -0.1) is 0 Å². The lowest BCUT2D eigenvalue weighted by Crippen LogP contribution is -2.44. The molecule has 0 N–H and O–H groups in total. The zero-order chi connectivity index (χ0) is 23.2. The Morgan fingerprint density at radius 2 is 1.91 bits per heavy atom. The summed E-state index contributed by atoms with van der Waals surface area (Å²) in [7, 11) is 3.22. The van der Waals surface area contributed by atoms with E-state index in [4.69, 9.17) is 13.9 Å². The number of ether oxygens (including phenoxy) is 2. The van der Waals surface area contributed by atoms with E-state index in [0.717, 1.165) is 42.7 Å². The van der Waals surface area contributed by atoms with Gasteiger partial charge in [-0.1, -0.05) is 12.8 Å². The molecule has 33 heavy (non-hydrogen) atoms. The van der Waals surface area contributed by atoms with E-state index in [-0.39, 0.29) is 30.3 Å². The molecule has 8 heteroatoms. The fraction of sp³-hybridized carbons (Fsp3) is 0.480. The molecule has 1 atom stereocenters. The van der Waals surface area contributed by atoms with Crippen LogP contribution >= 0.6 is 0 Å². The molecule has 2 amide bonds. The van der Waals surface area contributed by atoms with Crippen LogP contribution < -0.4 is 4.74 Å². The van der Waals surface area contributed by atoms with Crippen molar-refractivity contribution in [2.75, 3.05) is 33.9 Å². The highest BCUT2D eigenvalue weighted by molar-refractivity contribution is 6.03. The molecule has 1 saturated carbocycles. The standard InChI is InChI=1S/C25H31N3O5/c1-31-15-13-27(25(30)19-6-3-4-7-19)17-24(29)28-22(23-8-5-14-33-23)16-21(26-28)18-9-11-20(32-2)12-10-18/h5,8-12,14,19,22H,3-4,6-7,13,15-17H2,1-2H3/t22-/m0/s1. The van der Waals surface area contributed by atoms with Gasteiger partial charge in [-0.3, -0.25) is 9.59 Å². The van der Waals surface area contributed by atoms with Crippen molar-refractivity contribution < 1.29 is 23.5 Å². The first-order valence-electron chi connectivity index (χ1n) is 11.5. The summed E-state index contributed by atoms with van der Waals surface area (Å²) in [4.78, 5) is 28.2. The van der Waals surface area contributed by atoms with E-state index >= 15 is 0 Å². The zero-order valence-corrected chi connectivity index (χ0v) is 19.2. The van der Waals surface area contributed by atoms with E-state index in [9.17, 15) is 9.59 Å². The quantitative estimate of drug-likeness (QED) is 0.579. The van der Waals surface area contributed by atoms with Gasteiger partial charge in [0, 0.05) is 26.0 Å². The van der Waals surface area contributed by atoms with Crippen molar-refractivity contribution in [3.05, 3.63) is 54.0 Å². The van der Waals surface area contributed by atoms with E-state index in [2.05, 4.69) is 5.10 Å². The number of benzene rings is 1. The molecule has 4 rings (SSSR count). The summed E-state index contributed by atoms with van der Waals surface area (Å²) in [5.74, 6) is 1.22. The summed E-state index contributed by atoms with van der Waals surface area (Å²) in [6.07, 6.45) is 6.01. The van der Waals surface area contributed by atoms with Gasteiger partial charge in [0.1, 0.15) is 24.1 Å². The Hall–Kier alpha value is -3.13. The highest BCUT2D eigenvalue weighted by Gasteiger charge is 2.37. The molecule has 0 saturated heterocycles. The molecule has 176 valence electrons. The second kappa shape index (κ2) is 10.7. The topological polar surface area (TPSA) is 84.6 Å². The zero-order valence-electron chi connectivity index (χ0n) is 19.2. The molecule has 0 bridgehead atoms. The maximum atomic E-state index is 13.4. The number of carbonyl (C=O) groups is 2. The summed E-state index contributed by atoms with van der Waals surface area (Å²) in [5.41, 5.74) is 1.71. The smallest absolute Gasteiger partial charge is 0.262 e. The maximum Gasteiger partial charge on any atom is 0.262 e. The Labute approximate surface area is 194 Å². The molecule has 2 aromatic rings. The summed E-state index contributed by atoms with van der Waals surface area (Å²) in [5, 5.41) is 6.14. The van der Waals surface area contributed by atoms with Crippen molar-refractivity contribution >= 4 is 17.5 Å².